The molecule has 0 saturated carbocycles. The Morgan fingerprint density at radius 1 is 1.16 bits per heavy atom. The molecule has 1 fully saturated rings. The molecule has 0 spiro atoms. The topological polar surface area (TPSA) is 71.7 Å². The minimum atomic E-state index is -3.55. The molecule has 166 valence electrons. The maximum Gasteiger partial charge on any atom is 0.279 e. The van der Waals surface area contributed by atoms with E-state index in [-0.39, 0.29) is 11.4 Å². The average Bonchev–Trinajstić information content (AvgIpc) is 3.15. The fraction of sp³-hybridized carbons (Fsp3) is 0.304. The molecule has 0 aliphatic carbocycles. The predicted octanol–water partition coefficient (Wildman–Crippen LogP) is 4.21. The third kappa shape index (κ3) is 4.26. The van der Waals surface area contributed by atoms with Gasteiger partial charge in [-0.25, -0.2) is 8.42 Å². The van der Waals surface area contributed by atoms with Crippen LogP contribution in [0.5, 0.6) is 0 Å². The molecular formula is C23H22ClN3O3S2. The lowest BCUT2D eigenvalue weighted by atomic mass is 10.2. The van der Waals surface area contributed by atoms with Crippen LogP contribution in [-0.4, -0.2) is 36.3 Å². The van der Waals surface area contributed by atoms with Gasteiger partial charge in [0.1, 0.15) is 0 Å². The van der Waals surface area contributed by atoms with Gasteiger partial charge < -0.3 is 4.57 Å². The van der Waals surface area contributed by atoms with Crippen molar-refractivity contribution in [3.63, 3.8) is 0 Å². The molecule has 1 amide bonds. The van der Waals surface area contributed by atoms with Crippen LogP contribution in [0.15, 0.2) is 46.3 Å². The summed E-state index contributed by atoms with van der Waals surface area (Å²) < 4.78 is 29.9. The second-order valence-corrected chi connectivity index (χ2v) is 11.0. The van der Waals surface area contributed by atoms with Crippen LogP contribution in [0.4, 0.5) is 0 Å². The monoisotopic (exact) mass is 487 g/mol. The number of halogens is 1. The SMILES string of the molecule is C#CCn1c(=NC(=O)c2ccc(S(=O)(=O)N3CCCCC3)cc2)sc2ccc(Cl)c(C)c21. The molecule has 0 unspecified atom stereocenters. The summed E-state index contributed by atoms with van der Waals surface area (Å²) >= 11 is 7.62. The molecule has 9 heteroatoms. The molecule has 1 aliphatic rings. The number of thiazole rings is 1. The lowest BCUT2D eigenvalue weighted by molar-refractivity contribution is 0.0998. The van der Waals surface area contributed by atoms with Crippen LogP contribution in [0.25, 0.3) is 10.2 Å². The summed E-state index contributed by atoms with van der Waals surface area (Å²) in [6, 6.07) is 9.64. The molecule has 3 aromatic rings. The van der Waals surface area contributed by atoms with Gasteiger partial charge in [0, 0.05) is 23.7 Å². The minimum absolute atomic E-state index is 0.186. The van der Waals surface area contributed by atoms with Gasteiger partial charge in [0.2, 0.25) is 10.0 Å². The maximum atomic E-state index is 12.9. The van der Waals surface area contributed by atoms with Crippen LogP contribution < -0.4 is 4.80 Å². The highest BCUT2D eigenvalue weighted by atomic mass is 35.5. The number of hydrogen-bond acceptors (Lipinski definition) is 4. The molecule has 0 bridgehead atoms. The number of carbonyl (C=O) groups is 1. The molecule has 4 rings (SSSR count). The lowest BCUT2D eigenvalue weighted by Crippen LogP contribution is -2.35. The largest absolute Gasteiger partial charge is 0.304 e. The van der Waals surface area contributed by atoms with Gasteiger partial charge in [0.15, 0.2) is 4.80 Å². The van der Waals surface area contributed by atoms with Crippen LogP contribution in [0.1, 0.15) is 35.2 Å². The van der Waals surface area contributed by atoms with E-state index < -0.39 is 15.9 Å². The predicted molar refractivity (Wildman–Crippen MR) is 127 cm³/mol. The standard InChI is InChI=1S/C23H22ClN3O3S2/c1-3-13-27-21-16(2)19(24)11-12-20(21)31-23(27)25-22(28)17-7-9-18(10-8-17)32(29,30)26-14-5-4-6-15-26/h1,7-12H,4-6,13-15H2,2H3. The number of terminal acetylenes is 1. The molecular weight excluding hydrogens is 466 g/mol. The van der Waals surface area contributed by atoms with E-state index in [1.807, 2.05) is 19.1 Å². The van der Waals surface area contributed by atoms with Crippen LogP contribution in [0, 0.1) is 19.3 Å². The first-order chi connectivity index (χ1) is 15.3. The van der Waals surface area contributed by atoms with E-state index in [4.69, 9.17) is 18.0 Å². The van der Waals surface area contributed by atoms with Crippen LogP contribution in [0.3, 0.4) is 0 Å². The summed E-state index contributed by atoms with van der Waals surface area (Å²) in [6.45, 7) is 3.21. The number of piperidine rings is 1. The Bertz CT molecular complexity index is 1390. The van der Waals surface area contributed by atoms with E-state index in [0.717, 1.165) is 35.0 Å². The van der Waals surface area contributed by atoms with E-state index >= 15 is 0 Å². The van der Waals surface area contributed by atoms with Crippen molar-refractivity contribution in [2.24, 2.45) is 4.99 Å². The summed E-state index contributed by atoms with van der Waals surface area (Å²) in [6.07, 6.45) is 8.32. The highest BCUT2D eigenvalue weighted by molar-refractivity contribution is 7.89. The van der Waals surface area contributed by atoms with Crippen LogP contribution >= 0.6 is 22.9 Å². The second-order valence-electron chi connectivity index (χ2n) is 7.60. The minimum Gasteiger partial charge on any atom is -0.304 e. The van der Waals surface area contributed by atoms with Crippen molar-refractivity contribution in [2.45, 2.75) is 37.6 Å². The Balaban J connectivity index is 1.68. The Kier molecular flexibility index (Phi) is 6.54. The van der Waals surface area contributed by atoms with Crippen LogP contribution in [-0.2, 0) is 16.6 Å². The third-order valence-corrected chi connectivity index (χ3v) is 8.90. The van der Waals surface area contributed by atoms with Crippen molar-refractivity contribution in [1.29, 1.82) is 0 Å². The molecule has 6 nitrogen and oxygen atoms in total. The van der Waals surface area contributed by atoms with Gasteiger partial charge in [-0.05, 0) is 61.7 Å². The number of nitrogens with zero attached hydrogens (tertiary/aromatic N) is 3. The maximum absolute atomic E-state index is 12.9. The van der Waals surface area contributed by atoms with Gasteiger partial charge in [-0.1, -0.05) is 35.3 Å². The van der Waals surface area contributed by atoms with E-state index in [9.17, 15) is 13.2 Å². The van der Waals surface area contributed by atoms with Crippen molar-refractivity contribution >= 4 is 49.1 Å². The summed E-state index contributed by atoms with van der Waals surface area (Å²) in [5.41, 5.74) is 2.04. The Morgan fingerprint density at radius 3 is 2.50 bits per heavy atom. The second kappa shape index (κ2) is 9.20. The zero-order chi connectivity index (χ0) is 22.9. The Morgan fingerprint density at radius 2 is 1.84 bits per heavy atom. The lowest BCUT2D eigenvalue weighted by Gasteiger charge is -2.25. The normalized spacial score (nSPS) is 15.7. The summed E-state index contributed by atoms with van der Waals surface area (Å²) in [5, 5.41) is 0.615. The van der Waals surface area contributed by atoms with Gasteiger partial charge in [0.05, 0.1) is 21.7 Å². The molecule has 0 atom stereocenters. The van der Waals surface area contributed by atoms with Crippen LogP contribution in [0.2, 0.25) is 5.02 Å². The number of amides is 1. The number of rotatable bonds is 4. The van der Waals surface area contributed by atoms with Crippen molar-refractivity contribution in [1.82, 2.24) is 8.87 Å². The van der Waals surface area contributed by atoms with Crippen molar-refractivity contribution in [2.75, 3.05) is 13.1 Å². The van der Waals surface area contributed by atoms with Gasteiger partial charge in [-0.15, -0.1) is 6.42 Å². The third-order valence-electron chi connectivity index (χ3n) is 5.53. The molecule has 0 N–H and O–H groups in total. The van der Waals surface area contributed by atoms with E-state index in [2.05, 4.69) is 10.9 Å². The zero-order valence-electron chi connectivity index (χ0n) is 17.5. The van der Waals surface area contributed by atoms with Gasteiger partial charge >= 0.3 is 0 Å². The fourth-order valence-electron chi connectivity index (χ4n) is 3.81. The zero-order valence-corrected chi connectivity index (χ0v) is 19.9. The average molecular weight is 488 g/mol. The number of aryl methyl sites for hydroxylation is 1. The number of carbonyl (C=O) groups excluding carboxylic acids is 1. The summed E-state index contributed by atoms with van der Waals surface area (Å²) in [7, 11) is -3.55. The summed E-state index contributed by atoms with van der Waals surface area (Å²) in [4.78, 5) is 17.8. The number of hydrogen-bond donors (Lipinski definition) is 0. The van der Waals surface area contributed by atoms with Crippen molar-refractivity contribution in [3.8, 4) is 12.3 Å². The molecule has 1 aromatic heterocycles. The first kappa shape index (κ1) is 22.7. The van der Waals surface area contributed by atoms with Crippen molar-refractivity contribution in [3.05, 3.63) is 57.3 Å². The van der Waals surface area contributed by atoms with E-state index in [1.54, 1.807) is 4.57 Å². The van der Waals surface area contributed by atoms with E-state index in [0.29, 0.717) is 28.5 Å². The Hall–Kier alpha value is -2.44. The van der Waals surface area contributed by atoms with Gasteiger partial charge in [-0.2, -0.15) is 9.30 Å². The van der Waals surface area contributed by atoms with E-state index in [1.165, 1.54) is 39.9 Å². The Labute approximate surface area is 196 Å². The molecule has 2 heterocycles. The van der Waals surface area contributed by atoms with Gasteiger partial charge in [-0.3, -0.25) is 4.79 Å². The van der Waals surface area contributed by atoms with Crippen molar-refractivity contribution < 1.29 is 13.2 Å². The summed E-state index contributed by atoms with van der Waals surface area (Å²) in [5.74, 6) is 2.14. The first-order valence-electron chi connectivity index (χ1n) is 10.2. The first-order valence-corrected chi connectivity index (χ1v) is 12.9. The highest BCUT2D eigenvalue weighted by Gasteiger charge is 2.26. The highest BCUT2D eigenvalue weighted by Crippen LogP contribution is 2.27. The molecule has 1 saturated heterocycles. The number of fused-ring (bicyclic) bond motifs is 1. The smallest absolute Gasteiger partial charge is 0.279 e. The fourth-order valence-corrected chi connectivity index (χ4v) is 6.57. The molecule has 1 aliphatic heterocycles. The number of sulfonamides is 1. The number of benzene rings is 2. The molecule has 32 heavy (non-hydrogen) atoms. The quantitative estimate of drug-likeness (QED) is 0.517. The molecule has 2 aromatic carbocycles. The molecule has 0 radical (unpaired) electrons. The number of aromatic nitrogens is 1. The van der Waals surface area contributed by atoms with Gasteiger partial charge in [0.25, 0.3) is 5.91 Å².